The minimum Gasteiger partial charge on any atom is -0.324 e. The van der Waals surface area contributed by atoms with Crippen LogP contribution in [0, 0.1) is 6.92 Å². The number of hydrogen-bond donors (Lipinski definition) is 1. The second kappa shape index (κ2) is 7.60. The minimum absolute atomic E-state index is 0.0152. The monoisotopic (exact) mass is 434 g/mol. The average Bonchev–Trinajstić information content (AvgIpc) is 2.83. The van der Waals surface area contributed by atoms with E-state index in [1.165, 1.54) is 0 Å². The summed E-state index contributed by atoms with van der Waals surface area (Å²) in [7, 11) is 0. The number of nitrogens with zero attached hydrogens (tertiary/aromatic N) is 1. The summed E-state index contributed by atoms with van der Waals surface area (Å²) in [5.74, 6) is -0.383. The summed E-state index contributed by atoms with van der Waals surface area (Å²) in [6.45, 7) is 1.99. The molecule has 0 radical (unpaired) electrons. The fourth-order valence-corrected chi connectivity index (χ4v) is 4.00. The van der Waals surface area contributed by atoms with Gasteiger partial charge >= 0.3 is 0 Å². The van der Waals surface area contributed by atoms with Crippen LogP contribution in [0.3, 0.4) is 0 Å². The van der Waals surface area contributed by atoms with Crippen LogP contribution in [0.4, 0.5) is 5.69 Å². The molecule has 1 aliphatic rings. The number of anilines is 1. The number of amides is 2. The highest BCUT2D eigenvalue weighted by molar-refractivity contribution is 9.10. The number of halogens is 1. The molecule has 1 atom stereocenters. The lowest BCUT2D eigenvalue weighted by Crippen LogP contribution is -2.39. The van der Waals surface area contributed by atoms with Crippen LogP contribution in [0.15, 0.2) is 77.3 Å². The number of carbonyl (C=O) groups excluding carboxylic acids is 2. The van der Waals surface area contributed by atoms with Crippen LogP contribution in [0.2, 0.25) is 0 Å². The molecule has 140 valence electrons. The van der Waals surface area contributed by atoms with Crippen molar-refractivity contribution in [1.29, 1.82) is 0 Å². The molecule has 3 aromatic carbocycles. The van der Waals surface area contributed by atoms with E-state index in [-0.39, 0.29) is 24.4 Å². The highest BCUT2D eigenvalue weighted by Crippen LogP contribution is 2.37. The quantitative estimate of drug-likeness (QED) is 0.620. The van der Waals surface area contributed by atoms with Crippen molar-refractivity contribution in [2.24, 2.45) is 0 Å². The van der Waals surface area contributed by atoms with Crippen molar-refractivity contribution in [3.8, 4) is 0 Å². The van der Waals surface area contributed by atoms with Crippen LogP contribution in [0.5, 0.6) is 0 Å². The van der Waals surface area contributed by atoms with Gasteiger partial charge < -0.3 is 10.2 Å². The van der Waals surface area contributed by atoms with Gasteiger partial charge in [-0.25, -0.2) is 0 Å². The van der Waals surface area contributed by atoms with E-state index in [1.807, 2.05) is 67.6 Å². The number of carbonyl (C=O) groups is 2. The highest BCUT2D eigenvalue weighted by Gasteiger charge is 2.33. The lowest BCUT2D eigenvalue weighted by Gasteiger charge is -2.31. The molecule has 28 heavy (non-hydrogen) atoms. The van der Waals surface area contributed by atoms with Crippen molar-refractivity contribution in [2.75, 3.05) is 11.9 Å². The summed E-state index contributed by atoms with van der Waals surface area (Å²) in [5, 5.41) is 2.95. The average molecular weight is 435 g/mol. The first kappa shape index (κ1) is 18.4. The van der Waals surface area contributed by atoms with Gasteiger partial charge in [-0.1, -0.05) is 70.0 Å². The Balaban J connectivity index is 1.89. The van der Waals surface area contributed by atoms with Crippen molar-refractivity contribution < 1.29 is 9.59 Å². The number of nitrogens with one attached hydrogen (secondary N) is 1. The maximum absolute atomic E-state index is 13.5. The zero-order chi connectivity index (χ0) is 19.7. The Bertz CT molecular complexity index is 1050. The van der Waals surface area contributed by atoms with E-state index in [4.69, 9.17) is 0 Å². The fraction of sp³-hybridized carbons (Fsp3) is 0.130. The van der Waals surface area contributed by atoms with Crippen LogP contribution in [0.1, 0.15) is 33.1 Å². The third kappa shape index (κ3) is 3.58. The molecule has 3 aromatic rings. The van der Waals surface area contributed by atoms with Crippen molar-refractivity contribution >= 4 is 33.4 Å². The molecule has 0 spiro atoms. The fourth-order valence-electron chi connectivity index (χ4n) is 3.60. The van der Waals surface area contributed by atoms with E-state index in [1.54, 1.807) is 17.0 Å². The summed E-state index contributed by atoms with van der Waals surface area (Å²) >= 11 is 3.43. The van der Waals surface area contributed by atoms with Crippen LogP contribution < -0.4 is 5.32 Å². The molecule has 0 saturated heterocycles. The summed E-state index contributed by atoms with van der Waals surface area (Å²) < 4.78 is 0.824. The topological polar surface area (TPSA) is 49.4 Å². The first-order valence-corrected chi connectivity index (χ1v) is 9.84. The minimum atomic E-state index is -0.360. The standard InChI is InChI=1S/C23H19BrN2O2/c1-15-10-11-20-19(12-15)22(16-6-3-2-4-7-16)26(14-21(27)25-20)23(28)17-8-5-9-18(24)13-17/h2-13,22H,14H2,1H3,(H,25,27)/t22-/m1/s1. The molecule has 0 fully saturated rings. The van der Waals surface area contributed by atoms with Gasteiger partial charge in [0.1, 0.15) is 6.54 Å². The van der Waals surface area contributed by atoms with E-state index < -0.39 is 0 Å². The van der Waals surface area contributed by atoms with Crippen molar-refractivity contribution in [1.82, 2.24) is 4.90 Å². The lowest BCUT2D eigenvalue weighted by molar-refractivity contribution is -0.117. The van der Waals surface area contributed by atoms with Gasteiger partial charge in [-0.2, -0.15) is 0 Å². The van der Waals surface area contributed by atoms with Crippen molar-refractivity contribution in [3.05, 3.63) is 99.5 Å². The molecule has 4 rings (SSSR count). The summed E-state index contributed by atoms with van der Waals surface area (Å²) in [4.78, 5) is 27.7. The van der Waals surface area contributed by atoms with Gasteiger partial charge in [0.25, 0.3) is 5.91 Å². The van der Waals surface area contributed by atoms with E-state index in [0.717, 1.165) is 26.9 Å². The first-order valence-electron chi connectivity index (χ1n) is 9.05. The molecule has 0 unspecified atom stereocenters. The van der Waals surface area contributed by atoms with Crippen LogP contribution in [-0.2, 0) is 4.79 Å². The van der Waals surface area contributed by atoms with E-state index >= 15 is 0 Å². The van der Waals surface area contributed by atoms with Gasteiger partial charge in [-0.3, -0.25) is 9.59 Å². The molecule has 0 aliphatic carbocycles. The molecule has 0 saturated carbocycles. The molecule has 0 bridgehead atoms. The Morgan fingerprint density at radius 3 is 2.57 bits per heavy atom. The summed E-state index contributed by atoms with van der Waals surface area (Å²) in [6.07, 6.45) is 0. The Hall–Kier alpha value is -2.92. The third-order valence-corrected chi connectivity index (χ3v) is 5.34. The molecule has 1 heterocycles. The number of fused-ring (bicyclic) bond motifs is 1. The van der Waals surface area contributed by atoms with Crippen molar-refractivity contribution in [3.63, 3.8) is 0 Å². The zero-order valence-corrected chi connectivity index (χ0v) is 16.9. The van der Waals surface area contributed by atoms with Gasteiger partial charge in [0.2, 0.25) is 5.91 Å². The Kier molecular flexibility index (Phi) is 5.01. The maximum Gasteiger partial charge on any atom is 0.255 e. The maximum atomic E-state index is 13.5. The molecular formula is C23H19BrN2O2. The van der Waals surface area contributed by atoms with Gasteiger partial charge in [0.05, 0.1) is 6.04 Å². The number of aryl methyl sites for hydroxylation is 1. The number of hydrogen-bond acceptors (Lipinski definition) is 2. The molecular weight excluding hydrogens is 416 g/mol. The van der Waals surface area contributed by atoms with Gasteiger partial charge in [0.15, 0.2) is 0 Å². The summed E-state index contributed by atoms with van der Waals surface area (Å²) in [5.41, 5.74) is 4.24. The SMILES string of the molecule is Cc1ccc2c(c1)[C@@H](c1ccccc1)N(C(=O)c1cccc(Br)c1)CC(=O)N2. The van der Waals surface area contributed by atoms with Crippen LogP contribution >= 0.6 is 15.9 Å². The van der Waals surface area contributed by atoms with E-state index in [0.29, 0.717) is 5.56 Å². The van der Waals surface area contributed by atoms with E-state index in [2.05, 4.69) is 21.2 Å². The van der Waals surface area contributed by atoms with Gasteiger partial charge in [-0.05, 0) is 36.8 Å². The van der Waals surface area contributed by atoms with Crippen LogP contribution in [0.25, 0.3) is 0 Å². The molecule has 4 nitrogen and oxygen atoms in total. The van der Waals surface area contributed by atoms with Gasteiger partial charge in [-0.15, -0.1) is 0 Å². The Morgan fingerprint density at radius 2 is 1.82 bits per heavy atom. The molecule has 5 heteroatoms. The molecule has 1 N–H and O–H groups in total. The second-order valence-corrected chi connectivity index (χ2v) is 7.81. The molecule has 0 aromatic heterocycles. The third-order valence-electron chi connectivity index (χ3n) is 4.85. The van der Waals surface area contributed by atoms with E-state index in [9.17, 15) is 9.59 Å². The first-order chi connectivity index (χ1) is 13.5. The number of rotatable bonds is 2. The van der Waals surface area contributed by atoms with Crippen molar-refractivity contribution in [2.45, 2.75) is 13.0 Å². The normalized spacial score (nSPS) is 16.1. The lowest BCUT2D eigenvalue weighted by atomic mass is 9.94. The van der Waals surface area contributed by atoms with Crippen LogP contribution in [-0.4, -0.2) is 23.3 Å². The predicted molar refractivity (Wildman–Crippen MR) is 113 cm³/mol. The highest BCUT2D eigenvalue weighted by atomic mass is 79.9. The zero-order valence-electron chi connectivity index (χ0n) is 15.4. The Morgan fingerprint density at radius 1 is 1.04 bits per heavy atom. The largest absolute Gasteiger partial charge is 0.324 e. The second-order valence-electron chi connectivity index (χ2n) is 6.90. The smallest absolute Gasteiger partial charge is 0.255 e. The van der Waals surface area contributed by atoms with Gasteiger partial charge in [0, 0.05) is 21.3 Å². The summed E-state index contributed by atoms with van der Waals surface area (Å²) in [6, 6.07) is 22.6. The number of benzene rings is 3. The Labute approximate surface area is 172 Å². The molecule has 2 amide bonds. The molecule has 1 aliphatic heterocycles. The predicted octanol–water partition coefficient (Wildman–Crippen LogP) is 4.94.